The summed E-state index contributed by atoms with van der Waals surface area (Å²) in [7, 11) is 4.13. The summed E-state index contributed by atoms with van der Waals surface area (Å²) in [6.07, 6.45) is 7.00. The third kappa shape index (κ3) is 4.54. The number of fused-ring (bicyclic) bond motifs is 1. The smallest absolute Gasteiger partial charge is 0.196 e. The van der Waals surface area contributed by atoms with Gasteiger partial charge in [0, 0.05) is 18.5 Å². The fourth-order valence-electron chi connectivity index (χ4n) is 4.22. The van der Waals surface area contributed by atoms with Crippen molar-refractivity contribution in [3.63, 3.8) is 0 Å². The van der Waals surface area contributed by atoms with Crippen LogP contribution in [0.4, 0.5) is 0 Å². The lowest BCUT2D eigenvalue weighted by Crippen LogP contribution is -2.19. The first-order valence-electron chi connectivity index (χ1n) is 10.5. The maximum atomic E-state index is 13.1. The van der Waals surface area contributed by atoms with E-state index in [1.807, 2.05) is 36.4 Å². The van der Waals surface area contributed by atoms with Crippen LogP contribution < -0.4 is 10.2 Å². The predicted octanol–water partition coefficient (Wildman–Crippen LogP) is 5.52. The molecular weight excluding hydrogens is 362 g/mol. The van der Waals surface area contributed by atoms with Crippen molar-refractivity contribution in [3.05, 3.63) is 76.1 Å². The van der Waals surface area contributed by atoms with Gasteiger partial charge in [-0.05, 0) is 56.6 Å². The first-order valence-corrected chi connectivity index (χ1v) is 10.5. The van der Waals surface area contributed by atoms with Crippen molar-refractivity contribution in [2.45, 2.75) is 44.1 Å². The quantitative estimate of drug-likeness (QED) is 0.532. The maximum absolute atomic E-state index is 13.1. The summed E-state index contributed by atoms with van der Waals surface area (Å²) in [5, 5.41) is 0.617. The number of nitrogens with zero attached hydrogens (tertiary/aromatic N) is 1. The van der Waals surface area contributed by atoms with Crippen LogP contribution in [0.1, 0.15) is 55.3 Å². The molecule has 152 valence electrons. The van der Waals surface area contributed by atoms with Crippen molar-refractivity contribution < 1.29 is 9.15 Å². The van der Waals surface area contributed by atoms with Gasteiger partial charge in [-0.2, -0.15) is 0 Å². The molecule has 0 saturated heterocycles. The van der Waals surface area contributed by atoms with Gasteiger partial charge in [-0.1, -0.05) is 43.2 Å². The van der Waals surface area contributed by atoms with E-state index in [1.165, 1.54) is 12.8 Å². The minimum Gasteiger partial charge on any atom is -0.486 e. The minimum absolute atomic E-state index is 0.0684. The molecule has 29 heavy (non-hydrogen) atoms. The highest BCUT2D eigenvalue weighted by Gasteiger charge is 2.22. The third-order valence-electron chi connectivity index (χ3n) is 5.85. The Morgan fingerprint density at radius 2 is 1.86 bits per heavy atom. The number of rotatable bonds is 7. The molecule has 0 aliphatic heterocycles. The molecule has 4 nitrogen and oxygen atoms in total. The van der Waals surface area contributed by atoms with Crippen molar-refractivity contribution in [1.82, 2.24) is 4.90 Å². The Balaban J connectivity index is 1.64. The van der Waals surface area contributed by atoms with Gasteiger partial charge in [0.05, 0.1) is 11.6 Å². The van der Waals surface area contributed by atoms with Crippen molar-refractivity contribution in [1.29, 1.82) is 0 Å². The Labute approximate surface area is 172 Å². The van der Waals surface area contributed by atoms with E-state index in [0.29, 0.717) is 22.6 Å². The second kappa shape index (κ2) is 8.83. The lowest BCUT2D eigenvalue weighted by atomic mass is 9.98. The molecule has 1 fully saturated rings. The van der Waals surface area contributed by atoms with Crippen molar-refractivity contribution in [2.24, 2.45) is 0 Å². The molecule has 0 bridgehead atoms. The maximum Gasteiger partial charge on any atom is 0.196 e. The van der Waals surface area contributed by atoms with E-state index < -0.39 is 0 Å². The van der Waals surface area contributed by atoms with Crippen molar-refractivity contribution >= 4 is 11.0 Å². The van der Waals surface area contributed by atoms with Crippen molar-refractivity contribution in [2.75, 3.05) is 20.6 Å². The zero-order valence-corrected chi connectivity index (χ0v) is 17.3. The van der Waals surface area contributed by atoms with E-state index in [2.05, 4.69) is 31.1 Å². The van der Waals surface area contributed by atoms with Crippen molar-refractivity contribution in [3.8, 4) is 5.75 Å². The van der Waals surface area contributed by atoms with Gasteiger partial charge >= 0.3 is 0 Å². The number of hydrogen-bond acceptors (Lipinski definition) is 4. The van der Waals surface area contributed by atoms with Gasteiger partial charge in [0.1, 0.15) is 17.4 Å². The van der Waals surface area contributed by atoms with Crippen LogP contribution >= 0.6 is 0 Å². The van der Waals surface area contributed by atoms with Crippen LogP contribution in [0.15, 0.2) is 64.0 Å². The first-order chi connectivity index (χ1) is 14.1. The second-order valence-electron chi connectivity index (χ2n) is 8.27. The number of hydrogen-bond donors (Lipinski definition) is 0. The van der Waals surface area contributed by atoms with Gasteiger partial charge in [0.25, 0.3) is 0 Å². The van der Waals surface area contributed by atoms with Gasteiger partial charge in [-0.15, -0.1) is 0 Å². The molecule has 1 aliphatic carbocycles. The number of benzene rings is 2. The van der Waals surface area contributed by atoms with Crippen LogP contribution in [0.3, 0.4) is 0 Å². The van der Waals surface area contributed by atoms with Gasteiger partial charge in [-0.25, -0.2) is 0 Å². The van der Waals surface area contributed by atoms with E-state index in [9.17, 15) is 4.79 Å². The standard InChI is InChI=1S/C25H29NO3/c1-26(2)15-14-23(19-10-4-3-5-11-19)29-20-12-13-24-21(16-20)25(27)22(17-28-24)18-8-6-7-9-18/h3-5,10-13,16-18,23H,6-9,14-15H2,1-2H3. The molecule has 1 heterocycles. The van der Waals surface area contributed by atoms with Crippen LogP contribution in [-0.2, 0) is 0 Å². The molecule has 1 saturated carbocycles. The molecule has 0 spiro atoms. The Morgan fingerprint density at radius 1 is 1.10 bits per heavy atom. The summed E-state index contributed by atoms with van der Waals surface area (Å²) in [4.78, 5) is 15.3. The zero-order valence-electron chi connectivity index (χ0n) is 17.3. The average molecular weight is 392 g/mol. The Hall–Kier alpha value is -2.59. The topological polar surface area (TPSA) is 42.7 Å². The highest BCUT2D eigenvalue weighted by Crippen LogP contribution is 2.34. The predicted molar refractivity (Wildman–Crippen MR) is 117 cm³/mol. The molecule has 0 radical (unpaired) electrons. The minimum atomic E-state index is -0.0684. The molecule has 0 amide bonds. The van der Waals surface area contributed by atoms with Gasteiger partial charge in [0.2, 0.25) is 0 Å². The number of ether oxygens (including phenoxy) is 1. The molecule has 1 unspecified atom stereocenters. The molecule has 3 aromatic rings. The van der Waals surface area contributed by atoms with E-state index in [-0.39, 0.29) is 11.5 Å². The first kappa shape index (κ1) is 19.7. The molecule has 0 N–H and O–H groups in total. The van der Waals surface area contributed by atoms with Crippen LogP contribution in [-0.4, -0.2) is 25.5 Å². The van der Waals surface area contributed by atoms with Gasteiger partial charge < -0.3 is 14.1 Å². The van der Waals surface area contributed by atoms with Crippen LogP contribution in [0.25, 0.3) is 11.0 Å². The molecular formula is C25H29NO3. The average Bonchev–Trinajstić information content (AvgIpc) is 3.27. The SMILES string of the molecule is CN(C)CCC(Oc1ccc2occ(C3CCCC3)c(=O)c2c1)c1ccccc1. The molecule has 1 atom stereocenters. The normalized spacial score (nSPS) is 15.8. The lowest BCUT2D eigenvalue weighted by molar-refractivity contribution is 0.179. The Kier molecular flexibility index (Phi) is 6.00. The summed E-state index contributed by atoms with van der Waals surface area (Å²) < 4.78 is 12.2. The molecule has 2 aromatic carbocycles. The highest BCUT2D eigenvalue weighted by atomic mass is 16.5. The molecule has 4 heteroatoms. The molecule has 4 rings (SSSR count). The second-order valence-corrected chi connectivity index (χ2v) is 8.27. The van der Waals surface area contributed by atoms with Gasteiger partial charge in [0.15, 0.2) is 5.43 Å². The zero-order chi connectivity index (χ0) is 20.2. The highest BCUT2D eigenvalue weighted by molar-refractivity contribution is 5.78. The third-order valence-corrected chi connectivity index (χ3v) is 5.85. The summed E-state index contributed by atoms with van der Waals surface area (Å²) in [6, 6.07) is 15.9. The molecule has 1 aromatic heterocycles. The van der Waals surface area contributed by atoms with E-state index in [0.717, 1.165) is 36.9 Å². The largest absolute Gasteiger partial charge is 0.486 e. The molecule has 1 aliphatic rings. The summed E-state index contributed by atoms with van der Waals surface area (Å²) in [6.45, 7) is 0.918. The van der Waals surface area contributed by atoms with Crippen LogP contribution in [0, 0.1) is 0 Å². The summed E-state index contributed by atoms with van der Waals surface area (Å²) in [5.41, 5.74) is 2.67. The summed E-state index contributed by atoms with van der Waals surface area (Å²) in [5.74, 6) is 1.04. The van der Waals surface area contributed by atoms with Crippen LogP contribution in [0.5, 0.6) is 5.75 Å². The Bertz CT molecular complexity index is 1000. The van der Waals surface area contributed by atoms with E-state index in [1.54, 1.807) is 6.26 Å². The van der Waals surface area contributed by atoms with E-state index >= 15 is 0 Å². The summed E-state index contributed by atoms with van der Waals surface area (Å²) >= 11 is 0. The Morgan fingerprint density at radius 3 is 2.59 bits per heavy atom. The van der Waals surface area contributed by atoms with Gasteiger partial charge in [-0.3, -0.25) is 4.79 Å². The van der Waals surface area contributed by atoms with E-state index in [4.69, 9.17) is 9.15 Å². The fraction of sp³-hybridized carbons (Fsp3) is 0.400. The fourth-order valence-corrected chi connectivity index (χ4v) is 4.22. The van der Waals surface area contributed by atoms with Crippen LogP contribution in [0.2, 0.25) is 0 Å². The monoisotopic (exact) mass is 391 g/mol. The lowest BCUT2D eigenvalue weighted by Gasteiger charge is -2.21.